The molecule has 0 saturated heterocycles. The minimum atomic E-state index is 0.690. The normalized spacial score (nSPS) is 10.0. The molecule has 0 atom stereocenters. The van der Waals surface area contributed by atoms with Gasteiger partial charge in [-0.1, -0.05) is 18.2 Å². The minimum absolute atomic E-state index is 0.690. The quantitative estimate of drug-likeness (QED) is 0.883. The Hall–Kier alpha value is -1.70. The van der Waals surface area contributed by atoms with E-state index in [4.69, 9.17) is 5.26 Å². The van der Waals surface area contributed by atoms with Crippen molar-refractivity contribution in [1.82, 2.24) is 10.3 Å². The van der Waals surface area contributed by atoms with Gasteiger partial charge in [0.1, 0.15) is 4.60 Å². The molecule has 1 aromatic heterocycles. The van der Waals surface area contributed by atoms with Gasteiger partial charge in [0.25, 0.3) is 0 Å². The van der Waals surface area contributed by atoms with Gasteiger partial charge < -0.3 is 5.32 Å². The van der Waals surface area contributed by atoms with Crippen molar-refractivity contribution in [2.24, 2.45) is 0 Å². The highest BCUT2D eigenvalue weighted by atomic mass is 79.9. The monoisotopic (exact) mass is 301 g/mol. The van der Waals surface area contributed by atoms with Crippen molar-refractivity contribution in [2.45, 2.75) is 13.1 Å². The highest BCUT2D eigenvalue weighted by Crippen LogP contribution is 2.07. The first-order valence-electron chi connectivity index (χ1n) is 5.59. The van der Waals surface area contributed by atoms with Crippen LogP contribution in [0.5, 0.6) is 0 Å². The van der Waals surface area contributed by atoms with Crippen molar-refractivity contribution in [3.63, 3.8) is 0 Å². The van der Waals surface area contributed by atoms with Gasteiger partial charge in [0.05, 0.1) is 17.3 Å². The molecule has 0 aliphatic rings. The molecule has 0 fully saturated rings. The van der Waals surface area contributed by atoms with Gasteiger partial charge >= 0.3 is 0 Å². The van der Waals surface area contributed by atoms with Crippen LogP contribution in [0, 0.1) is 11.3 Å². The Bertz CT molecular complexity index is 575. The van der Waals surface area contributed by atoms with Gasteiger partial charge in [0, 0.05) is 13.1 Å². The topological polar surface area (TPSA) is 48.7 Å². The Morgan fingerprint density at radius 2 is 2.00 bits per heavy atom. The van der Waals surface area contributed by atoms with E-state index >= 15 is 0 Å². The van der Waals surface area contributed by atoms with Crippen LogP contribution in [0.2, 0.25) is 0 Å². The molecule has 0 aliphatic carbocycles. The molecule has 3 nitrogen and oxygen atoms in total. The van der Waals surface area contributed by atoms with Gasteiger partial charge in [-0.2, -0.15) is 5.26 Å². The molecule has 0 radical (unpaired) electrons. The molecule has 0 aliphatic heterocycles. The summed E-state index contributed by atoms with van der Waals surface area (Å²) < 4.78 is 0.841. The fraction of sp³-hybridized carbons (Fsp3) is 0.143. The van der Waals surface area contributed by atoms with Crippen LogP contribution in [0.25, 0.3) is 0 Å². The summed E-state index contributed by atoms with van der Waals surface area (Å²) in [6.07, 6.45) is 0. The minimum Gasteiger partial charge on any atom is -0.307 e. The molecule has 1 heterocycles. The van der Waals surface area contributed by atoms with Crippen molar-refractivity contribution in [2.75, 3.05) is 0 Å². The molecule has 1 N–H and O–H groups in total. The van der Waals surface area contributed by atoms with Crippen LogP contribution in [0.1, 0.15) is 16.8 Å². The number of nitriles is 1. The summed E-state index contributed by atoms with van der Waals surface area (Å²) in [4.78, 5) is 4.34. The zero-order valence-corrected chi connectivity index (χ0v) is 11.3. The summed E-state index contributed by atoms with van der Waals surface area (Å²) in [6.45, 7) is 1.43. The van der Waals surface area contributed by atoms with E-state index < -0.39 is 0 Å². The first-order chi connectivity index (χ1) is 8.78. The summed E-state index contributed by atoms with van der Waals surface area (Å²) in [6, 6.07) is 15.6. The fourth-order valence-corrected chi connectivity index (χ4v) is 2.01. The van der Waals surface area contributed by atoms with Gasteiger partial charge in [0.2, 0.25) is 0 Å². The second-order valence-electron chi connectivity index (χ2n) is 3.87. The fourth-order valence-electron chi connectivity index (χ4n) is 1.63. The van der Waals surface area contributed by atoms with Gasteiger partial charge in [-0.15, -0.1) is 0 Å². The van der Waals surface area contributed by atoms with Crippen LogP contribution in [0.15, 0.2) is 47.1 Å². The highest BCUT2D eigenvalue weighted by molar-refractivity contribution is 9.10. The average Bonchev–Trinajstić information content (AvgIpc) is 2.39. The van der Waals surface area contributed by atoms with Crippen LogP contribution in [-0.4, -0.2) is 4.98 Å². The predicted octanol–water partition coefficient (Wildman–Crippen LogP) is 3.01. The molecule has 18 heavy (non-hydrogen) atoms. The number of hydrogen-bond acceptors (Lipinski definition) is 3. The standard InChI is InChI=1S/C14H12BrN3/c15-14-6-2-5-13(18-14)10-17-9-12-4-1-3-11(7-12)8-16/h1-7,17H,9-10H2. The number of nitrogens with zero attached hydrogens (tertiary/aromatic N) is 2. The number of hydrogen-bond donors (Lipinski definition) is 1. The molecule has 0 unspecified atom stereocenters. The Kier molecular flexibility index (Phi) is 4.46. The molecule has 2 rings (SSSR count). The average molecular weight is 302 g/mol. The van der Waals surface area contributed by atoms with Crippen LogP contribution < -0.4 is 5.32 Å². The van der Waals surface area contributed by atoms with Crippen molar-refractivity contribution >= 4 is 15.9 Å². The molecular weight excluding hydrogens is 290 g/mol. The van der Waals surface area contributed by atoms with Gasteiger partial charge in [-0.3, -0.25) is 0 Å². The second-order valence-corrected chi connectivity index (χ2v) is 4.68. The zero-order valence-electron chi connectivity index (χ0n) is 9.73. The predicted molar refractivity (Wildman–Crippen MR) is 73.6 cm³/mol. The third-order valence-corrected chi connectivity index (χ3v) is 2.91. The second kappa shape index (κ2) is 6.29. The van der Waals surface area contributed by atoms with E-state index in [-0.39, 0.29) is 0 Å². The van der Waals surface area contributed by atoms with E-state index in [1.807, 2.05) is 36.4 Å². The molecule has 0 spiro atoms. The molecule has 2 aromatic rings. The lowest BCUT2D eigenvalue weighted by Gasteiger charge is -2.05. The van der Waals surface area contributed by atoms with Crippen LogP contribution in [0.3, 0.4) is 0 Å². The SMILES string of the molecule is N#Cc1cccc(CNCc2cccc(Br)n2)c1. The number of benzene rings is 1. The number of halogens is 1. The molecule has 1 aromatic carbocycles. The Morgan fingerprint density at radius 3 is 2.78 bits per heavy atom. The lowest BCUT2D eigenvalue weighted by Crippen LogP contribution is -2.13. The van der Waals surface area contributed by atoms with Crippen molar-refractivity contribution < 1.29 is 0 Å². The zero-order chi connectivity index (χ0) is 12.8. The summed E-state index contributed by atoms with van der Waals surface area (Å²) >= 11 is 3.34. The maximum atomic E-state index is 8.81. The third kappa shape index (κ3) is 3.66. The van der Waals surface area contributed by atoms with Gasteiger partial charge in [0.15, 0.2) is 0 Å². The van der Waals surface area contributed by atoms with E-state index in [1.165, 1.54) is 0 Å². The largest absolute Gasteiger partial charge is 0.307 e. The van der Waals surface area contributed by atoms with E-state index in [0.717, 1.165) is 22.4 Å². The molecule has 4 heteroatoms. The number of pyridine rings is 1. The third-order valence-electron chi connectivity index (χ3n) is 2.46. The van der Waals surface area contributed by atoms with Gasteiger partial charge in [-0.05, 0) is 45.8 Å². The molecule has 0 amide bonds. The Morgan fingerprint density at radius 1 is 1.17 bits per heavy atom. The maximum absolute atomic E-state index is 8.81. The van der Waals surface area contributed by atoms with E-state index in [0.29, 0.717) is 12.1 Å². The van der Waals surface area contributed by atoms with Crippen molar-refractivity contribution in [3.05, 3.63) is 63.9 Å². The first-order valence-corrected chi connectivity index (χ1v) is 6.38. The Labute approximate surface area is 115 Å². The molecular formula is C14H12BrN3. The van der Waals surface area contributed by atoms with E-state index in [1.54, 1.807) is 6.07 Å². The number of aromatic nitrogens is 1. The van der Waals surface area contributed by atoms with Crippen LogP contribution in [-0.2, 0) is 13.1 Å². The first kappa shape index (κ1) is 12.7. The summed E-state index contributed by atoms with van der Waals surface area (Å²) in [5.74, 6) is 0. The molecule has 0 saturated carbocycles. The van der Waals surface area contributed by atoms with E-state index in [9.17, 15) is 0 Å². The highest BCUT2D eigenvalue weighted by Gasteiger charge is 1.97. The maximum Gasteiger partial charge on any atom is 0.106 e. The lowest BCUT2D eigenvalue weighted by atomic mass is 10.1. The molecule has 90 valence electrons. The number of nitrogens with one attached hydrogen (secondary N) is 1. The van der Waals surface area contributed by atoms with Crippen molar-refractivity contribution in [3.8, 4) is 6.07 Å². The smallest absolute Gasteiger partial charge is 0.106 e. The van der Waals surface area contributed by atoms with Gasteiger partial charge in [-0.25, -0.2) is 4.98 Å². The Balaban J connectivity index is 1.90. The summed E-state index contributed by atoms with van der Waals surface area (Å²) in [5, 5.41) is 12.1. The van der Waals surface area contributed by atoms with E-state index in [2.05, 4.69) is 32.3 Å². The number of rotatable bonds is 4. The summed E-state index contributed by atoms with van der Waals surface area (Å²) in [7, 11) is 0. The molecule has 0 bridgehead atoms. The van der Waals surface area contributed by atoms with Crippen LogP contribution in [0.4, 0.5) is 0 Å². The van der Waals surface area contributed by atoms with Crippen LogP contribution >= 0.6 is 15.9 Å². The summed E-state index contributed by atoms with van der Waals surface area (Å²) in [5.41, 5.74) is 2.78. The lowest BCUT2D eigenvalue weighted by molar-refractivity contribution is 0.678. The van der Waals surface area contributed by atoms with Crippen molar-refractivity contribution in [1.29, 1.82) is 5.26 Å².